The van der Waals surface area contributed by atoms with E-state index in [4.69, 9.17) is 5.10 Å². The fourth-order valence-corrected chi connectivity index (χ4v) is 5.65. The molecule has 5 rings (SSSR count). The van der Waals surface area contributed by atoms with Crippen molar-refractivity contribution >= 4 is 11.8 Å². The van der Waals surface area contributed by atoms with Gasteiger partial charge in [0, 0.05) is 24.3 Å². The number of para-hydroxylation sites is 1. The number of nitrogens with one attached hydrogen (secondary N) is 2. The first-order valence-electron chi connectivity index (χ1n) is 13.0. The van der Waals surface area contributed by atoms with E-state index in [0.29, 0.717) is 13.1 Å². The number of benzene rings is 2. The van der Waals surface area contributed by atoms with E-state index < -0.39 is 6.04 Å². The number of fused-ring (bicyclic) bond motifs is 1. The van der Waals surface area contributed by atoms with Gasteiger partial charge in [-0.3, -0.25) is 14.5 Å². The molecular formula is C29H35N5O2. The van der Waals surface area contributed by atoms with E-state index in [2.05, 4.69) is 28.8 Å². The number of carbonyl (C=O) groups excluding carboxylic acids is 2. The van der Waals surface area contributed by atoms with Crippen molar-refractivity contribution < 1.29 is 9.59 Å². The van der Waals surface area contributed by atoms with Crippen LogP contribution in [0.5, 0.6) is 0 Å². The summed E-state index contributed by atoms with van der Waals surface area (Å²) in [5.41, 5.74) is 7.50. The molecule has 0 unspecified atom stereocenters. The van der Waals surface area contributed by atoms with Gasteiger partial charge in [0.25, 0.3) is 0 Å². The number of nitrogens with zero attached hydrogens (tertiary/aromatic N) is 3. The van der Waals surface area contributed by atoms with Gasteiger partial charge in [-0.1, -0.05) is 36.4 Å². The summed E-state index contributed by atoms with van der Waals surface area (Å²) in [6.45, 7) is 7.23. The molecule has 2 heterocycles. The zero-order valence-corrected chi connectivity index (χ0v) is 21.4. The molecule has 7 heteroatoms. The minimum atomic E-state index is -0.555. The van der Waals surface area contributed by atoms with Crippen LogP contribution in [0.4, 0.5) is 0 Å². The van der Waals surface area contributed by atoms with Crippen molar-refractivity contribution in [2.75, 3.05) is 19.6 Å². The van der Waals surface area contributed by atoms with E-state index in [1.807, 2.05) is 60.7 Å². The largest absolute Gasteiger partial charge is 0.353 e. The van der Waals surface area contributed by atoms with Crippen molar-refractivity contribution in [3.05, 3.63) is 82.2 Å². The van der Waals surface area contributed by atoms with Crippen LogP contribution in [0, 0.1) is 13.8 Å². The van der Waals surface area contributed by atoms with Crippen molar-refractivity contribution in [1.29, 1.82) is 0 Å². The zero-order valence-electron chi connectivity index (χ0n) is 21.4. The van der Waals surface area contributed by atoms with Gasteiger partial charge in [0.15, 0.2) is 0 Å². The number of aromatic nitrogens is 2. The van der Waals surface area contributed by atoms with Gasteiger partial charge in [-0.25, -0.2) is 4.68 Å². The fraction of sp³-hybridized carbons (Fsp3) is 0.414. The lowest BCUT2D eigenvalue weighted by Gasteiger charge is -2.35. The Hall–Kier alpha value is -3.45. The first-order chi connectivity index (χ1) is 17.4. The Kier molecular flexibility index (Phi) is 6.92. The minimum Gasteiger partial charge on any atom is -0.353 e. The predicted octanol–water partition coefficient (Wildman–Crippen LogP) is 3.72. The normalized spacial score (nSPS) is 18.9. The maximum atomic E-state index is 13.2. The topological polar surface area (TPSA) is 79.3 Å². The molecule has 0 saturated carbocycles. The summed E-state index contributed by atoms with van der Waals surface area (Å²) in [6.07, 6.45) is 4.75. The average Bonchev–Trinajstić information content (AvgIpc) is 3.18. The molecule has 2 amide bonds. The van der Waals surface area contributed by atoms with Crippen molar-refractivity contribution in [1.82, 2.24) is 25.3 Å². The molecule has 2 aromatic carbocycles. The Bertz CT molecular complexity index is 1270. The molecule has 1 aliphatic heterocycles. The van der Waals surface area contributed by atoms with Crippen LogP contribution in [-0.4, -0.2) is 46.1 Å². The first kappa shape index (κ1) is 24.3. The fourth-order valence-electron chi connectivity index (χ4n) is 5.65. The summed E-state index contributed by atoms with van der Waals surface area (Å²) >= 11 is 0. The Balaban J connectivity index is 1.33. The monoisotopic (exact) mass is 485 g/mol. The third-order valence-corrected chi connectivity index (χ3v) is 7.53. The van der Waals surface area contributed by atoms with Gasteiger partial charge in [-0.05, 0) is 75.3 Å². The van der Waals surface area contributed by atoms with Gasteiger partial charge in [-0.15, -0.1) is 0 Å². The Labute approximate surface area is 212 Å². The van der Waals surface area contributed by atoms with E-state index >= 15 is 0 Å². The molecule has 0 radical (unpaired) electrons. The predicted molar refractivity (Wildman–Crippen MR) is 140 cm³/mol. The lowest BCUT2D eigenvalue weighted by molar-refractivity contribution is -0.132. The Morgan fingerprint density at radius 1 is 1.11 bits per heavy atom. The highest BCUT2D eigenvalue weighted by molar-refractivity contribution is 5.86. The second-order valence-electron chi connectivity index (χ2n) is 10.0. The lowest BCUT2D eigenvalue weighted by atomic mass is 9.89. The molecule has 2 N–H and O–H groups in total. The summed E-state index contributed by atoms with van der Waals surface area (Å²) < 4.78 is 1.88. The van der Waals surface area contributed by atoms with Gasteiger partial charge in [0.2, 0.25) is 11.8 Å². The van der Waals surface area contributed by atoms with Gasteiger partial charge in [0.1, 0.15) is 6.04 Å². The van der Waals surface area contributed by atoms with Crippen molar-refractivity contribution in [3.8, 4) is 5.69 Å². The molecule has 1 fully saturated rings. The van der Waals surface area contributed by atoms with Crippen LogP contribution in [0.2, 0.25) is 0 Å². The van der Waals surface area contributed by atoms with E-state index in [0.717, 1.165) is 41.0 Å². The standard InChI is InChI=1S/C29H35N5O2/c1-19(23-14-13-22-9-7-8-10-24(22)17-23)31-26(35)18-33-16-15-30-29(36)28(33)27-20(2)32-34(21(27)3)25-11-5-4-6-12-25/h4-6,11-14,17,19,28H,7-10,15-16,18H2,1-3H3,(H,30,36)(H,31,35)/t19-,28-/m0/s1. The molecule has 7 nitrogen and oxygen atoms in total. The molecule has 0 spiro atoms. The van der Waals surface area contributed by atoms with Crippen LogP contribution in [0.25, 0.3) is 5.69 Å². The van der Waals surface area contributed by atoms with Crippen LogP contribution in [0.15, 0.2) is 48.5 Å². The minimum absolute atomic E-state index is 0.0781. The molecule has 0 bridgehead atoms. The molecule has 1 saturated heterocycles. The summed E-state index contributed by atoms with van der Waals surface area (Å²) in [5, 5.41) is 10.9. The van der Waals surface area contributed by atoms with Gasteiger partial charge in [-0.2, -0.15) is 5.10 Å². The van der Waals surface area contributed by atoms with E-state index in [1.165, 1.54) is 24.0 Å². The SMILES string of the molecule is Cc1nn(-c2ccccc2)c(C)c1[C@H]1C(=O)NCCN1CC(=O)N[C@@H](C)c1ccc2c(c1)CCCC2. The summed E-state index contributed by atoms with van der Waals surface area (Å²) in [5.74, 6) is -0.165. The van der Waals surface area contributed by atoms with E-state index in [9.17, 15) is 9.59 Å². The first-order valence-corrected chi connectivity index (χ1v) is 13.0. The molecule has 3 aromatic rings. The van der Waals surface area contributed by atoms with Crippen molar-refractivity contribution in [2.24, 2.45) is 0 Å². The maximum Gasteiger partial charge on any atom is 0.242 e. The number of aryl methyl sites for hydroxylation is 3. The van der Waals surface area contributed by atoms with E-state index in [-0.39, 0.29) is 24.4 Å². The molecule has 1 aromatic heterocycles. The summed E-state index contributed by atoms with van der Waals surface area (Å²) in [4.78, 5) is 28.2. The van der Waals surface area contributed by atoms with Gasteiger partial charge in [0.05, 0.1) is 24.0 Å². The molecule has 188 valence electrons. The highest BCUT2D eigenvalue weighted by Crippen LogP contribution is 2.30. The summed E-state index contributed by atoms with van der Waals surface area (Å²) in [7, 11) is 0. The zero-order chi connectivity index (χ0) is 25.2. The third-order valence-electron chi connectivity index (χ3n) is 7.53. The van der Waals surface area contributed by atoms with Crippen molar-refractivity contribution in [3.63, 3.8) is 0 Å². The van der Waals surface area contributed by atoms with Gasteiger partial charge >= 0.3 is 0 Å². The second kappa shape index (κ2) is 10.3. The van der Waals surface area contributed by atoms with Crippen LogP contribution < -0.4 is 10.6 Å². The molecular weight excluding hydrogens is 450 g/mol. The number of hydrogen-bond donors (Lipinski definition) is 2. The molecule has 2 atom stereocenters. The quantitative estimate of drug-likeness (QED) is 0.558. The number of hydrogen-bond acceptors (Lipinski definition) is 4. The van der Waals surface area contributed by atoms with Crippen LogP contribution in [-0.2, 0) is 22.4 Å². The van der Waals surface area contributed by atoms with Gasteiger partial charge < -0.3 is 10.6 Å². The smallest absolute Gasteiger partial charge is 0.242 e. The van der Waals surface area contributed by atoms with Crippen molar-refractivity contribution in [2.45, 2.75) is 58.5 Å². The van der Waals surface area contributed by atoms with Crippen LogP contribution >= 0.6 is 0 Å². The number of carbonyl (C=O) groups is 2. The van der Waals surface area contributed by atoms with E-state index in [1.54, 1.807) is 0 Å². The third kappa shape index (κ3) is 4.80. The Morgan fingerprint density at radius 2 is 1.86 bits per heavy atom. The summed E-state index contributed by atoms with van der Waals surface area (Å²) in [6, 6.07) is 15.9. The molecule has 36 heavy (non-hydrogen) atoms. The second-order valence-corrected chi connectivity index (χ2v) is 10.0. The molecule has 2 aliphatic rings. The lowest BCUT2D eigenvalue weighted by Crippen LogP contribution is -2.53. The van der Waals surface area contributed by atoms with Crippen LogP contribution in [0.1, 0.15) is 65.5 Å². The Morgan fingerprint density at radius 3 is 2.64 bits per heavy atom. The average molecular weight is 486 g/mol. The van der Waals surface area contributed by atoms with Crippen LogP contribution in [0.3, 0.4) is 0 Å². The molecule has 1 aliphatic carbocycles. The number of piperazine rings is 1. The highest BCUT2D eigenvalue weighted by atomic mass is 16.2. The highest BCUT2D eigenvalue weighted by Gasteiger charge is 2.36. The number of amides is 2. The maximum absolute atomic E-state index is 13.2. The number of rotatable bonds is 6.